The van der Waals surface area contributed by atoms with Crippen LogP contribution in [0.4, 0.5) is 0 Å². The zero-order valence-corrected chi connectivity index (χ0v) is 11.6. The number of hydrogen-bond donors (Lipinski definition) is 1. The van der Waals surface area contributed by atoms with E-state index in [9.17, 15) is 5.11 Å². The van der Waals surface area contributed by atoms with Crippen molar-refractivity contribution < 1.29 is 5.11 Å². The molecule has 0 aliphatic rings. The first-order valence-corrected chi connectivity index (χ1v) is 7.00. The lowest BCUT2D eigenvalue weighted by molar-refractivity contribution is 0.203. The average molecular weight is 280 g/mol. The molecule has 1 aromatic carbocycles. The summed E-state index contributed by atoms with van der Waals surface area (Å²) >= 11 is 7.63. The molecular formula is C14H14ClNOS. The maximum absolute atomic E-state index is 10.2. The molecule has 0 aliphatic carbocycles. The summed E-state index contributed by atoms with van der Waals surface area (Å²) in [6.07, 6.45) is 2.96. The predicted molar refractivity (Wildman–Crippen MR) is 76.1 cm³/mol. The van der Waals surface area contributed by atoms with Gasteiger partial charge in [0.2, 0.25) is 0 Å². The molecule has 1 N–H and O–H groups in total. The molecule has 2 nitrogen and oxygen atoms in total. The van der Waals surface area contributed by atoms with Gasteiger partial charge >= 0.3 is 0 Å². The Bertz CT molecular complexity index is 533. The quantitative estimate of drug-likeness (QED) is 0.863. The number of pyridine rings is 1. The van der Waals surface area contributed by atoms with Crippen LogP contribution in [0.25, 0.3) is 0 Å². The lowest BCUT2D eigenvalue weighted by atomic mass is 10.1. The van der Waals surface area contributed by atoms with Crippen molar-refractivity contribution in [3.05, 3.63) is 58.9 Å². The van der Waals surface area contributed by atoms with Gasteiger partial charge in [-0.15, -0.1) is 11.8 Å². The maximum Gasteiger partial charge on any atom is 0.0887 e. The molecule has 1 heterocycles. The third-order valence-corrected chi connectivity index (χ3v) is 4.25. The number of rotatable bonds is 4. The van der Waals surface area contributed by atoms with Gasteiger partial charge in [-0.1, -0.05) is 23.7 Å². The topological polar surface area (TPSA) is 33.1 Å². The molecule has 0 amide bonds. The fourth-order valence-electron chi connectivity index (χ4n) is 1.68. The number of halogens is 1. The predicted octanol–water partition coefficient (Wildman–Crippen LogP) is 3.87. The Hall–Kier alpha value is -1.03. The van der Waals surface area contributed by atoms with Gasteiger partial charge < -0.3 is 5.11 Å². The number of hydrogen-bond acceptors (Lipinski definition) is 3. The van der Waals surface area contributed by atoms with Crippen LogP contribution in [0.1, 0.15) is 17.2 Å². The van der Waals surface area contributed by atoms with Crippen LogP contribution in [0.5, 0.6) is 0 Å². The van der Waals surface area contributed by atoms with Crippen molar-refractivity contribution in [3.63, 3.8) is 0 Å². The summed E-state index contributed by atoms with van der Waals surface area (Å²) in [5.74, 6) is 0.578. The Morgan fingerprint density at radius 1 is 1.33 bits per heavy atom. The Labute approximate surface area is 116 Å². The lowest BCUT2D eigenvalue weighted by Gasteiger charge is -2.13. The molecule has 4 heteroatoms. The Balaban J connectivity index is 2.03. The van der Waals surface area contributed by atoms with E-state index in [1.165, 1.54) is 0 Å². The fraction of sp³-hybridized carbons (Fsp3) is 0.214. The lowest BCUT2D eigenvalue weighted by Crippen LogP contribution is -2.03. The molecule has 1 aromatic heterocycles. The van der Waals surface area contributed by atoms with Crippen molar-refractivity contribution in [3.8, 4) is 0 Å². The summed E-state index contributed by atoms with van der Waals surface area (Å²) in [4.78, 5) is 5.01. The van der Waals surface area contributed by atoms with Gasteiger partial charge in [0, 0.05) is 23.0 Å². The largest absolute Gasteiger partial charge is 0.388 e. The summed E-state index contributed by atoms with van der Waals surface area (Å²) in [5, 5.41) is 10.9. The molecule has 0 aliphatic heterocycles. The van der Waals surface area contributed by atoms with E-state index in [-0.39, 0.29) is 0 Å². The van der Waals surface area contributed by atoms with E-state index in [0.29, 0.717) is 5.75 Å². The van der Waals surface area contributed by atoms with Crippen molar-refractivity contribution in [1.29, 1.82) is 0 Å². The van der Waals surface area contributed by atoms with Crippen LogP contribution >= 0.6 is 23.4 Å². The molecule has 1 atom stereocenters. The van der Waals surface area contributed by atoms with Crippen LogP contribution in [0.2, 0.25) is 5.02 Å². The first kappa shape index (κ1) is 13.4. The van der Waals surface area contributed by atoms with Crippen molar-refractivity contribution in [1.82, 2.24) is 4.98 Å². The molecular weight excluding hydrogens is 266 g/mol. The van der Waals surface area contributed by atoms with E-state index in [2.05, 4.69) is 4.98 Å². The molecule has 0 fully saturated rings. The van der Waals surface area contributed by atoms with E-state index in [4.69, 9.17) is 11.6 Å². The zero-order chi connectivity index (χ0) is 13.0. The normalized spacial score (nSPS) is 12.4. The van der Waals surface area contributed by atoms with Crippen molar-refractivity contribution in [2.24, 2.45) is 0 Å². The second kappa shape index (κ2) is 6.23. The van der Waals surface area contributed by atoms with E-state index < -0.39 is 6.10 Å². The van der Waals surface area contributed by atoms with Crippen LogP contribution in [-0.2, 0) is 0 Å². The van der Waals surface area contributed by atoms with E-state index in [1.807, 2.05) is 37.3 Å². The van der Waals surface area contributed by atoms with Crippen LogP contribution in [0, 0.1) is 6.92 Å². The van der Waals surface area contributed by atoms with Gasteiger partial charge in [0.15, 0.2) is 0 Å². The highest BCUT2D eigenvalue weighted by atomic mass is 35.5. The molecule has 2 aromatic rings. The highest BCUT2D eigenvalue weighted by molar-refractivity contribution is 7.99. The summed E-state index contributed by atoms with van der Waals surface area (Å²) in [6.45, 7) is 1.95. The molecule has 2 rings (SSSR count). The number of benzene rings is 1. The minimum Gasteiger partial charge on any atom is -0.388 e. The molecule has 0 bridgehead atoms. The monoisotopic (exact) mass is 279 g/mol. The van der Waals surface area contributed by atoms with Crippen LogP contribution in [0.15, 0.2) is 47.6 Å². The summed E-state index contributed by atoms with van der Waals surface area (Å²) in [6, 6.07) is 9.51. The highest BCUT2D eigenvalue weighted by Gasteiger charge is 2.11. The number of aliphatic hydroxyl groups excluding tert-OH is 1. The number of thioether (sulfide) groups is 1. The average Bonchev–Trinajstić information content (AvgIpc) is 2.38. The fourth-order valence-corrected chi connectivity index (χ4v) is 2.88. The first-order chi connectivity index (χ1) is 8.68. The second-order valence-electron chi connectivity index (χ2n) is 3.99. The smallest absolute Gasteiger partial charge is 0.0887 e. The van der Waals surface area contributed by atoms with E-state index in [1.54, 1.807) is 24.2 Å². The van der Waals surface area contributed by atoms with Gasteiger partial charge in [0.05, 0.1) is 11.1 Å². The minimum absolute atomic E-state index is 0.505. The molecule has 94 valence electrons. The first-order valence-electron chi connectivity index (χ1n) is 5.64. The van der Waals surface area contributed by atoms with Gasteiger partial charge in [-0.3, -0.25) is 4.98 Å². The van der Waals surface area contributed by atoms with E-state index in [0.717, 1.165) is 21.0 Å². The number of nitrogens with zero attached hydrogens (tertiary/aromatic N) is 1. The Kier molecular flexibility index (Phi) is 4.64. The van der Waals surface area contributed by atoms with Crippen LogP contribution < -0.4 is 0 Å². The van der Waals surface area contributed by atoms with Crippen molar-refractivity contribution in [2.45, 2.75) is 17.9 Å². The second-order valence-corrected chi connectivity index (χ2v) is 5.46. The van der Waals surface area contributed by atoms with Crippen LogP contribution in [0.3, 0.4) is 0 Å². The molecule has 0 radical (unpaired) electrons. The van der Waals surface area contributed by atoms with Gasteiger partial charge in [0.25, 0.3) is 0 Å². The van der Waals surface area contributed by atoms with Gasteiger partial charge in [0.1, 0.15) is 0 Å². The summed E-state index contributed by atoms with van der Waals surface area (Å²) in [7, 11) is 0. The minimum atomic E-state index is -0.505. The SMILES string of the molecule is Cc1cnccc1C(O)CSc1ccccc1Cl. The Morgan fingerprint density at radius 2 is 2.11 bits per heavy atom. The third kappa shape index (κ3) is 3.25. The summed E-state index contributed by atoms with van der Waals surface area (Å²) in [5.41, 5.74) is 1.93. The standard InChI is InChI=1S/C14H14ClNOS/c1-10-8-16-7-6-11(10)13(17)9-18-14-5-3-2-4-12(14)15/h2-8,13,17H,9H2,1H3. The molecule has 1 unspecified atom stereocenters. The van der Waals surface area contributed by atoms with E-state index >= 15 is 0 Å². The van der Waals surface area contributed by atoms with Gasteiger partial charge in [-0.2, -0.15) is 0 Å². The van der Waals surface area contributed by atoms with Gasteiger partial charge in [-0.25, -0.2) is 0 Å². The molecule has 0 saturated carbocycles. The summed E-state index contributed by atoms with van der Waals surface area (Å²) < 4.78 is 0. The number of aliphatic hydroxyl groups is 1. The van der Waals surface area contributed by atoms with Crippen molar-refractivity contribution >= 4 is 23.4 Å². The highest BCUT2D eigenvalue weighted by Crippen LogP contribution is 2.30. The molecule has 0 saturated heterocycles. The third-order valence-electron chi connectivity index (χ3n) is 2.66. The van der Waals surface area contributed by atoms with Gasteiger partial charge in [-0.05, 0) is 36.2 Å². The Morgan fingerprint density at radius 3 is 2.83 bits per heavy atom. The van der Waals surface area contributed by atoms with Crippen molar-refractivity contribution in [2.75, 3.05) is 5.75 Å². The molecule has 18 heavy (non-hydrogen) atoms. The maximum atomic E-state index is 10.2. The zero-order valence-electron chi connectivity index (χ0n) is 10.0. The number of aromatic nitrogens is 1. The number of aryl methyl sites for hydroxylation is 1. The molecule has 0 spiro atoms. The van der Waals surface area contributed by atoms with Crippen LogP contribution in [-0.4, -0.2) is 15.8 Å².